The van der Waals surface area contributed by atoms with Gasteiger partial charge >= 0.3 is 0 Å². The van der Waals surface area contributed by atoms with Gasteiger partial charge in [-0.1, -0.05) is 0 Å². The zero-order chi connectivity index (χ0) is 12.3. The number of carbonyl (C=O) groups excluding carboxylic acids is 1. The number of nitrogens with zero attached hydrogens (tertiary/aromatic N) is 1. The van der Waals surface area contributed by atoms with Crippen molar-refractivity contribution in [1.29, 1.82) is 0 Å². The van der Waals surface area contributed by atoms with Crippen LogP contribution in [0.5, 0.6) is 0 Å². The number of likely N-dealkylation sites (tertiary alicyclic amines) is 1. The molecule has 1 aromatic rings. The molecular formula is C13H18N2OS. The van der Waals surface area contributed by atoms with Crippen molar-refractivity contribution >= 4 is 17.7 Å². The van der Waals surface area contributed by atoms with Crippen LogP contribution in [0.15, 0.2) is 29.2 Å². The van der Waals surface area contributed by atoms with Gasteiger partial charge in [0.25, 0.3) is 5.91 Å². The zero-order valence-corrected chi connectivity index (χ0v) is 10.9. The summed E-state index contributed by atoms with van der Waals surface area (Å²) in [4.78, 5) is 15.3. The fraction of sp³-hybridized carbons (Fsp3) is 0.462. The topological polar surface area (TPSA) is 46.3 Å². The Labute approximate surface area is 106 Å². The minimum atomic E-state index is 0.133. The van der Waals surface area contributed by atoms with Crippen LogP contribution in [0.4, 0.5) is 0 Å². The molecular weight excluding hydrogens is 232 g/mol. The van der Waals surface area contributed by atoms with Crippen LogP contribution in [-0.2, 0) is 0 Å². The summed E-state index contributed by atoms with van der Waals surface area (Å²) in [5.41, 5.74) is 6.41. The summed E-state index contributed by atoms with van der Waals surface area (Å²) in [5, 5.41) is 0. The van der Waals surface area contributed by atoms with E-state index < -0.39 is 0 Å². The van der Waals surface area contributed by atoms with Gasteiger partial charge in [0, 0.05) is 23.5 Å². The van der Waals surface area contributed by atoms with Gasteiger partial charge in [-0.05, 0) is 49.4 Å². The zero-order valence-electron chi connectivity index (χ0n) is 10.1. The molecule has 0 aromatic heterocycles. The Morgan fingerprint density at radius 1 is 1.47 bits per heavy atom. The number of carbonyl (C=O) groups is 1. The van der Waals surface area contributed by atoms with Crippen LogP contribution in [0.3, 0.4) is 0 Å². The van der Waals surface area contributed by atoms with Gasteiger partial charge in [0.15, 0.2) is 0 Å². The molecule has 0 bridgehead atoms. The van der Waals surface area contributed by atoms with Crippen molar-refractivity contribution in [3.8, 4) is 0 Å². The van der Waals surface area contributed by atoms with Crippen molar-refractivity contribution in [2.45, 2.75) is 11.3 Å². The molecule has 1 aliphatic heterocycles. The van der Waals surface area contributed by atoms with Gasteiger partial charge < -0.3 is 10.6 Å². The molecule has 2 rings (SSSR count). The second-order valence-electron chi connectivity index (χ2n) is 4.37. The highest BCUT2D eigenvalue weighted by Gasteiger charge is 2.25. The number of nitrogens with two attached hydrogens (primary N) is 1. The average molecular weight is 250 g/mol. The lowest BCUT2D eigenvalue weighted by atomic mass is 10.1. The van der Waals surface area contributed by atoms with E-state index in [0.29, 0.717) is 12.5 Å². The number of benzene rings is 1. The maximum absolute atomic E-state index is 12.2. The van der Waals surface area contributed by atoms with E-state index in [1.807, 2.05) is 35.4 Å². The average Bonchev–Trinajstić information content (AvgIpc) is 2.87. The SMILES string of the molecule is CSc1ccc(C(=O)N2CCC(CN)C2)cc1. The third-order valence-corrected chi connectivity index (χ3v) is 3.99. The molecule has 1 amide bonds. The molecule has 4 heteroatoms. The van der Waals surface area contributed by atoms with E-state index in [2.05, 4.69) is 0 Å². The van der Waals surface area contributed by atoms with Crippen LogP contribution in [0.1, 0.15) is 16.8 Å². The Bertz CT molecular complexity index is 391. The van der Waals surface area contributed by atoms with Crippen molar-refractivity contribution in [2.24, 2.45) is 11.7 Å². The normalized spacial score (nSPS) is 19.6. The highest BCUT2D eigenvalue weighted by Crippen LogP contribution is 2.20. The molecule has 1 aromatic carbocycles. The van der Waals surface area contributed by atoms with Crippen LogP contribution >= 0.6 is 11.8 Å². The Morgan fingerprint density at radius 2 is 2.18 bits per heavy atom. The third kappa shape index (κ3) is 2.82. The number of rotatable bonds is 3. The van der Waals surface area contributed by atoms with Crippen LogP contribution < -0.4 is 5.73 Å². The van der Waals surface area contributed by atoms with Crippen LogP contribution in [0.2, 0.25) is 0 Å². The first-order chi connectivity index (χ1) is 8.24. The molecule has 1 saturated heterocycles. The summed E-state index contributed by atoms with van der Waals surface area (Å²) in [6.45, 7) is 2.32. The van der Waals surface area contributed by atoms with Crippen LogP contribution in [-0.4, -0.2) is 36.7 Å². The molecule has 0 aliphatic carbocycles. The van der Waals surface area contributed by atoms with E-state index in [4.69, 9.17) is 5.73 Å². The maximum Gasteiger partial charge on any atom is 0.253 e. The van der Waals surface area contributed by atoms with E-state index in [1.165, 1.54) is 4.90 Å². The summed E-state index contributed by atoms with van der Waals surface area (Å²) in [6.07, 6.45) is 3.06. The van der Waals surface area contributed by atoms with Gasteiger partial charge in [0.1, 0.15) is 0 Å². The molecule has 0 saturated carbocycles. The molecule has 1 atom stereocenters. The third-order valence-electron chi connectivity index (χ3n) is 3.24. The molecule has 0 spiro atoms. The molecule has 1 heterocycles. The van der Waals surface area contributed by atoms with Crippen LogP contribution in [0, 0.1) is 5.92 Å². The molecule has 2 N–H and O–H groups in total. The first-order valence-electron chi connectivity index (χ1n) is 5.88. The summed E-state index contributed by atoms with van der Waals surface area (Å²) < 4.78 is 0. The number of hydrogen-bond donors (Lipinski definition) is 1. The Morgan fingerprint density at radius 3 is 2.71 bits per heavy atom. The fourth-order valence-electron chi connectivity index (χ4n) is 2.13. The van der Waals surface area contributed by atoms with Gasteiger partial charge in [0.2, 0.25) is 0 Å². The second kappa shape index (κ2) is 5.56. The van der Waals surface area contributed by atoms with Gasteiger partial charge in [-0.3, -0.25) is 4.79 Å². The standard InChI is InChI=1S/C13H18N2OS/c1-17-12-4-2-11(3-5-12)13(16)15-7-6-10(8-14)9-15/h2-5,10H,6-9,14H2,1H3. The lowest BCUT2D eigenvalue weighted by Crippen LogP contribution is -2.29. The lowest BCUT2D eigenvalue weighted by molar-refractivity contribution is 0.0787. The number of hydrogen-bond acceptors (Lipinski definition) is 3. The summed E-state index contributed by atoms with van der Waals surface area (Å²) in [7, 11) is 0. The summed E-state index contributed by atoms with van der Waals surface area (Å²) in [6, 6.07) is 7.80. The Kier molecular flexibility index (Phi) is 4.07. The first kappa shape index (κ1) is 12.5. The maximum atomic E-state index is 12.2. The smallest absolute Gasteiger partial charge is 0.253 e. The second-order valence-corrected chi connectivity index (χ2v) is 5.25. The van der Waals surface area contributed by atoms with E-state index in [9.17, 15) is 4.79 Å². The predicted octanol–water partition coefficient (Wildman–Crippen LogP) is 1.83. The Hall–Kier alpha value is -1.00. The molecule has 3 nitrogen and oxygen atoms in total. The molecule has 0 radical (unpaired) electrons. The quantitative estimate of drug-likeness (QED) is 0.833. The number of amides is 1. The number of thioether (sulfide) groups is 1. The van der Waals surface area contributed by atoms with Crippen LogP contribution in [0.25, 0.3) is 0 Å². The van der Waals surface area contributed by atoms with E-state index in [1.54, 1.807) is 11.8 Å². The van der Waals surface area contributed by atoms with Crippen molar-refractivity contribution in [3.05, 3.63) is 29.8 Å². The largest absolute Gasteiger partial charge is 0.338 e. The Balaban J connectivity index is 2.04. The monoisotopic (exact) mass is 250 g/mol. The van der Waals surface area contributed by atoms with Crippen molar-refractivity contribution < 1.29 is 4.79 Å². The highest BCUT2D eigenvalue weighted by atomic mass is 32.2. The lowest BCUT2D eigenvalue weighted by Gasteiger charge is -2.16. The fourth-order valence-corrected chi connectivity index (χ4v) is 2.53. The van der Waals surface area contributed by atoms with E-state index in [-0.39, 0.29) is 5.91 Å². The minimum Gasteiger partial charge on any atom is -0.338 e. The van der Waals surface area contributed by atoms with Gasteiger partial charge in [-0.2, -0.15) is 0 Å². The van der Waals surface area contributed by atoms with Gasteiger partial charge in [0.05, 0.1) is 0 Å². The summed E-state index contributed by atoms with van der Waals surface area (Å²) in [5.74, 6) is 0.609. The first-order valence-corrected chi connectivity index (χ1v) is 7.10. The van der Waals surface area contributed by atoms with Gasteiger partial charge in [-0.15, -0.1) is 11.8 Å². The van der Waals surface area contributed by atoms with Crippen molar-refractivity contribution in [3.63, 3.8) is 0 Å². The highest BCUT2D eigenvalue weighted by molar-refractivity contribution is 7.98. The van der Waals surface area contributed by atoms with Gasteiger partial charge in [-0.25, -0.2) is 0 Å². The van der Waals surface area contributed by atoms with E-state index in [0.717, 1.165) is 25.1 Å². The molecule has 1 fully saturated rings. The molecule has 92 valence electrons. The molecule has 17 heavy (non-hydrogen) atoms. The molecule has 1 aliphatic rings. The van der Waals surface area contributed by atoms with E-state index >= 15 is 0 Å². The summed E-state index contributed by atoms with van der Waals surface area (Å²) >= 11 is 1.68. The predicted molar refractivity (Wildman–Crippen MR) is 71.3 cm³/mol. The van der Waals surface area contributed by atoms with Crippen molar-refractivity contribution in [1.82, 2.24) is 4.90 Å². The minimum absolute atomic E-state index is 0.133. The van der Waals surface area contributed by atoms with Crippen molar-refractivity contribution in [2.75, 3.05) is 25.9 Å². The molecule has 1 unspecified atom stereocenters.